The zero-order valence-corrected chi connectivity index (χ0v) is 10.5. The number of nitrogen functional groups attached to an aromatic ring is 1. The molecule has 0 aliphatic carbocycles. The topological polar surface area (TPSA) is 81.2 Å². The minimum absolute atomic E-state index is 0.281. The van der Waals surface area contributed by atoms with Gasteiger partial charge in [-0.15, -0.1) is 0 Å². The van der Waals surface area contributed by atoms with Gasteiger partial charge < -0.3 is 15.2 Å². The van der Waals surface area contributed by atoms with Crippen molar-refractivity contribution in [2.24, 2.45) is 0 Å². The lowest BCUT2D eigenvalue weighted by atomic mass is 10.2. The summed E-state index contributed by atoms with van der Waals surface area (Å²) in [6.07, 6.45) is 1.63. The molecule has 0 aliphatic heterocycles. The van der Waals surface area contributed by atoms with Crippen LogP contribution >= 0.6 is 0 Å². The van der Waals surface area contributed by atoms with E-state index in [9.17, 15) is 0 Å². The standard InChI is InChI=1S/C14H13N3O2/c1-18-13-4-10(8-15)5-14(7-13)19-9-12-6-11(16)2-3-17-12/h2-7H,9H2,1H3,(H2,16,17). The van der Waals surface area contributed by atoms with Crippen LogP contribution in [0.2, 0.25) is 0 Å². The Bertz CT molecular complexity index is 620. The summed E-state index contributed by atoms with van der Waals surface area (Å²) in [7, 11) is 1.54. The molecule has 2 aromatic rings. The first-order chi connectivity index (χ1) is 9.21. The number of nitrogens with zero attached hydrogens (tertiary/aromatic N) is 2. The van der Waals surface area contributed by atoms with E-state index < -0.39 is 0 Å². The number of benzene rings is 1. The van der Waals surface area contributed by atoms with E-state index in [2.05, 4.69) is 11.1 Å². The van der Waals surface area contributed by atoms with Crippen LogP contribution in [0.15, 0.2) is 36.5 Å². The van der Waals surface area contributed by atoms with Crippen molar-refractivity contribution >= 4 is 5.69 Å². The average molecular weight is 255 g/mol. The maximum atomic E-state index is 8.91. The SMILES string of the molecule is COc1cc(C#N)cc(OCc2cc(N)ccn2)c1. The summed E-state index contributed by atoms with van der Waals surface area (Å²) >= 11 is 0. The number of nitrogens with two attached hydrogens (primary N) is 1. The molecule has 0 saturated heterocycles. The molecule has 19 heavy (non-hydrogen) atoms. The second-order valence-electron chi connectivity index (χ2n) is 3.88. The monoisotopic (exact) mass is 255 g/mol. The Morgan fingerprint density at radius 1 is 1.26 bits per heavy atom. The number of methoxy groups -OCH3 is 1. The van der Waals surface area contributed by atoms with E-state index in [1.165, 1.54) is 0 Å². The molecule has 0 saturated carbocycles. The summed E-state index contributed by atoms with van der Waals surface area (Å²) in [6, 6.07) is 10.5. The van der Waals surface area contributed by atoms with Crippen molar-refractivity contribution in [2.75, 3.05) is 12.8 Å². The van der Waals surface area contributed by atoms with Crippen LogP contribution in [-0.2, 0) is 6.61 Å². The predicted octanol–water partition coefficient (Wildman–Crippen LogP) is 2.12. The number of ether oxygens (including phenoxy) is 2. The van der Waals surface area contributed by atoms with E-state index in [-0.39, 0.29) is 6.61 Å². The molecule has 2 rings (SSSR count). The number of anilines is 1. The number of aromatic nitrogens is 1. The maximum absolute atomic E-state index is 8.91. The fourth-order valence-electron chi connectivity index (χ4n) is 1.57. The molecule has 1 aromatic carbocycles. The smallest absolute Gasteiger partial charge is 0.130 e. The van der Waals surface area contributed by atoms with Gasteiger partial charge in [-0.1, -0.05) is 0 Å². The molecule has 0 unspecified atom stereocenters. The predicted molar refractivity (Wildman–Crippen MR) is 70.7 cm³/mol. The van der Waals surface area contributed by atoms with Gasteiger partial charge >= 0.3 is 0 Å². The highest BCUT2D eigenvalue weighted by Gasteiger charge is 2.03. The van der Waals surface area contributed by atoms with Crippen LogP contribution in [0.25, 0.3) is 0 Å². The fourth-order valence-corrected chi connectivity index (χ4v) is 1.57. The molecule has 0 spiro atoms. The number of nitriles is 1. The Balaban J connectivity index is 2.13. The Kier molecular flexibility index (Phi) is 3.84. The fraction of sp³-hybridized carbons (Fsp3) is 0.143. The summed E-state index contributed by atoms with van der Waals surface area (Å²) < 4.78 is 10.7. The van der Waals surface area contributed by atoms with Crippen LogP contribution < -0.4 is 15.2 Å². The zero-order chi connectivity index (χ0) is 13.7. The third kappa shape index (κ3) is 3.36. The number of pyridine rings is 1. The third-order valence-electron chi connectivity index (χ3n) is 2.47. The second kappa shape index (κ2) is 5.74. The van der Waals surface area contributed by atoms with Gasteiger partial charge in [0.15, 0.2) is 0 Å². The van der Waals surface area contributed by atoms with Crippen LogP contribution in [0.1, 0.15) is 11.3 Å². The molecule has 5 heteroatoms. The highest BCUT2D eigenvalue weighted by atomic mass is 16.5. The molecule has 0 fully saturated rings. The normalized spacial score (nSPS) is 9.68. The summed E-state index contributed by atoms with van der Waals surface area (Å²) in [5.74, 6) is 1.13. The maximum Gasteiger partial charge on any atom is 0.130 e. The molecule has 0 aliphatic rings. The van der Waals surface area contributed by atoms with E-state index in [0.29, 0.717) is 22.7 Å². The van der Waals surface area contributed by atoms with E-state index in [1.807, 2.05) is 0 Å². The average Bonchev–Trinajstić information content (AvgIpc) is 2.44. The molecule has 0 amide bonds. The van der Waals surface area contributed by atoms with E-state index in [4.69, 9.17) is 20.5 Å². The first-order valence-electron chi connectivity index (χ1n) is 5.63. The largest absolute Gasteiger partial charge is 0.497 e. The minimum atomic E-state index is 0.281. The van der Waals surface area contributed by atoms with E-state index in [1.54, 1.807) is 43.6 Å². The van der Waals surface area contributed by atoms with E-state index in [0.717, 1.165) is 5.69 Å². The summed E-state index contributed by atoms with van der Waals surface area (Å²) in [6.45, 7) is 0.281. The quantitative estimate of drug-likeness (QED) is 0.905. The van der Waals surface area contributed by atoms with Gasteiger partial charge in [-0.2, -0.15) is 5.26 Å². The third-order valence-corrected chi connectivity index (χ3v) is 2.47. The van der Waals surface area contributed by atoms with Crippen molar-refractivity contribution < 1.29 is 9.47 Å². The van der Waals surface area contributed by atoms with Crippen LogP contribution in [0.5, 0.6) is 11.5 Å². The van der Waals surface area contributed by atoms with Crippen molar-refractivity contribution in [1.82, 2.24) is 4.98 Å². The van der Waals surface area contributed by atoms with Crippen LogP contribution in [-0.4, -0.2) is 12.1 Å². The van der Waals surface area contributed by atoms with Gasteiger partial charge in [-0.3, -0.25) is 4.98 Å². The highest BCUT2D eigenvalue weighted by Crippen LogP contribution is 2.23. The van der Waals surface area contributed by atoms with Crippen molar-refractivity contribution in [3.63, 3.8) is 0 Å². The minimum Gasteiger partial charge on any atom is -0.497 e. The van der Waals surface area contributed by atoms with E-state index >= 15 is 0 Å². The lowest BCUT2D eigenvalue weighted by Gasteiger charge is -2.08. The first kappa shape index (κ1) is 12.7. The van der Waals surface area contributed by atoms with Crippen LogP contribution in [0.4, 0.5) is 5.69 Å². The lowest BCUT2D eigenvalue weighted by Crippen LogP contribution is -2.00. The molecule has 0 radical (unpaired) electrons. The number of hydrogen-bond donors (Lipinski definition) is 1. The molecule has 2 N–H and O–H groups in total. The van der Waals surface area contributed by atoms with Crippen LogP contribution in [0.3, 0.4) is 0 Å². The van der Waals surface area contributed by atoms with Gasteiger partial charge in [-0.25, -0.2) is 0 Å². The van der Waals surface area contributed by atoms with Crippen LogP contribution in [0, 0.1) is 11.3 Å². The Hall–Kier alpha value is -2.74. The van der Waals surface area contributed by atoms with Crippen molar-refractivity contribution in [1.29, 1.82) is 5.26 Å². The Morgan fingerprint density at radius 3 is 2.74 bits per heavy atom. The summed E-state index contributed by atoms with van der Waals surface area (Å²) in [4.78, 5) is 4.14. The molecule has 1 aromatic heterocycles. The molecule has 96 valence electrons. The van der Waals surface area contributed by atoms with Gasteiger partial charge in [0.25, 0.3) is 0 Å². The van der Waals surface area contributed by atoms with Gasteiger partial charge in [0.05, 0.1) is 24.4 Å². The van der Waals surface area contributed by atoms with Gasteiger partial charge in [-0.05, 0) is 24.3 Å². The molecule has 0 bridgehead atoms. The van der Waals surface area contributed by atoms with Gasteiger partial charge in [0.2, 0.25) is 0 Å². The summed E-state index contributed by atoms with van der Waals surface area (Å²) in [5, 5.41) is 8.91. The lowest BCUT2D eigenvalue weighted by molar-refractivity contribution is 0.299. The first-order valence-corrected chi connectivity index (χ1v) is 5.63. The molecule has 5 nitrogen and oxygen atoms in total. The Labute approximate surface area is 111 Å². The highest BCUT2D eigenvalue weighted by molar-refractivity contribution is 5.44. The van der Waals surface area contributed by atoms with Gasteiger partial charge in [0, 0.05) is 18.0 Å². The number of hydrogen-bond acceptors (Lipinski definition) is 5. The number of rotatable bonds is 4. The zero-order valence-electron chi connectivity index (χ0n) is 10.5. The molecular formula is C14H13N3O2. The second-order valence-corrected chi connectivity index (χ2v) is 3.88. The molecule has 0 atom stereocenters. The van der Waals surface area contributed by atoms with Crippen molar-refractivity contribution in [3.05, 3.63) is 47.8 Å². The van der Waals surface area contributed by atoms with Gasteiger partial charge in [0.1, 0.15) is 18.1 Å². The van der Waals surface area contributed by atoms with Crippen molar-refractivity contribution in [2.45, 2.75) is 6.61 Å². The Morgan fingerprint density at radius 2 is 2.05 bits per heavy atom. The summed E-state index contributed by atoms with van der Waals surface area (Å²) in [5.41, 5.74) is 7.50. The molecular weight excluding hydrogens is 242 g/mol. The molecule has 1 heterocycles. The van der Waals surface area contributed by atoms with Crippen molar-refractivity contribution in [3.8, 4) is 17.6 Å².